The van der Waals surface area contributed by atoms with Crippen LogP contribution in [0, 0.1) is 0 Å². The summed E-state index contributed by atoms with van der Waals surface area (Å²) in [5, 5.41) is 7.23. The Morgan fingerprint density at radius 3 is 2.71 bits per heavy atom. The molecule has 0 saturated heterocycles. The van der Waals surface area contributed by atoms with E-state index in [9.17, 15) is 0 Å². The molecule has 6 heteroatoms. The van der Waals surface area contributed by atoms with Crippen LogP contribution in [0.25, 0.3) is 0 Å². The molecule has 5 N–H and O–H groups in total. The van der Waals surface area contributed by atoms with Gasteiger partial charge >= 0.3 is 0 Å². The summed E-state index contributed by atoms with van der Waals surface area (Å²) in [7, 11) is 0. The standard InChI is InChI=1S/C8H9N5S/c9-6-2-1-5(3-7(6)10)14-8-11-4-12-13-8/h1-4H,9-10H2,(H,11,12,13). The van der Waals surface area contributed by atoms with Crippen molar-refractivity contribution >= 4 is 23.1 Å². The third kappa shape index (κ3) is 1.80. The number of nitrogens with one attached hydrogen (secondary N) is 1. The molecule has 0 aliphatic carbocycles. The van der Waals surface area contributed by atoms with E-state index in [0.717, 1.165) is 10.1 Å². The van der Waals surface area contributed by atoms with Gasteiger partial charge in [0, 0.05) is 4.90 Å². The Morgan fingerprint density at radius 1 is 1.21 bits per heavy atom. The van der Waals surface area contributed by atoms with Gasteiger partial charge in [0.05, 0.1) is 11.4 Å². The maximum Gasteiger partial charge on any atom is 0.188 e. The van der Waals surface area contributed by atoms with Gasteiger partial charge in [-0.25, -0.2) is 4.98 Å². The maximum absolute atomic E-state index is 5.67. The van der Waals surface area contributed by atoms with E-state index in [1.807, 2.05) is 12.1 Å². The Kier molecular flexibility index (Phi) is 2.28. The highest BCUT2D eigenvalue weighted by molar-refractivity contribution is 7.99. The van der Waals surface area contributed by atoms with Gasteiger partial charge in [0.1, 0.15) is 6.33 Å². The first-order chi connectivity index (χ1) is 6.75. The molecule has 0 atom stereocenters. The van der Waals surface area contributed by atoms with Gasteiger partial charge in [0.25, 0.3) is 0 Å². The Labute approximate surface area is 84.9 Å². The van der Waals surface area contributed by atoms with Crippen molar-refractivity contribution in [1.82, 2.24) is 15.2 Å². The van der Waals surface area contributed by atoms with E-state index in [4.69, 9.17) is 11.5 Å². The van der Waals surface area contributed by atoms with Crippen LogP contribution in [0.1, 0.15) is 0 Å². The number of hydrogen-bond acceptors (Lipinski definition) is 5. The van der Waals surface area contributed by atoms with Crippen molar-refractivity contribution in [2.24, 2.45) is 0 Å². The second-order valence-electron chi connectivity index (χ2n) is 2.68. The van der Waals surface area contributed by atoms with Crippen LogP contribution >= 0.6 is 11.8 Å². The monoisotopic (exact) mass is 207 g/mol. The number of hydrogen-bond donors (Lipinski definition) is 3. The topological polar surface area (TPSA) is 93.6 Å². The lowest BCUT2D eigenvalue weighted by atomic mass is 10.3. The molecule has 0 radical (unpaired) electrons. The summed E-state index contributed by atoms with van der Waals surface area (Å²) < 4.78 is 0. The van der Waals surface area contributed by atoms with Crippen LogP contribution in [0.2, 0.25) is 0 Å². The normalized spacial score (nSPS) is 10.3. The molecule has 0 saturated carbocycles. The van der Waals surface area contributed by atoms with Crippen molar-refractivity contribution in [2.75, 3.05) is 11.5 Å². The van der Waals surface area contributed by atoms with E-state index < -0.39 is 0 Å². The summed E-state index contributed by atoms with van der Waals surface area (Å²) in [6, 6.07) is 5.47. The van der Waals surface area contributed by atoms with Crippen LogP contribution in [0.15, 0.2) is 34.6 Å². The first-order valence-corrected chi connectivity index (χ1v) is 4.75. The lowest BCUT2D eigenvalue weighted by molar-refractivity contribution is 0.973. The third-order valence-electron chi connectivity index (χ3n) is 1.67. The average molecular weight is 207 g/mol. The molecule has 1 aromatic carbocycles. The first kappa shape index (κ1) is 8.89. The van der Waals surface area contributed by atoms with E-state index in [2.05, 4.69) is 15.2 Å². The van der Waals surface area contributed by atoms with Crippen LogP contribution in [0.4, 0.5) is 11.4 Å². The first-order valence-electron chi connectivity index (χ1n) is 3.94. The van der Waals surface area contributed by atoms with Gasteiger partial charge in [-0.3, -0.25) is 5.10 Å². The number of aromatic nitrogens is 3. The van der Waals surface area contributed by atoms with E-state index in [0.29, 0.717) is 11.4 Å². The molecule has 1 heterocycles. The molecule has 0 amide bonds. The van der Waals surface area contributed by atoms with Gasteiger partial charge in [0.15, 0.2) is 5.16 Å². The largest absolute Gasteiger partial charge is 0.397 e. The van der Waals surface area contributed by atoms with E-state index in [1.54, 1.807) is 6.07 Å². The lowest BCUT2D eigenvalue weighted by Crippen LogP contribution is -1.93. The minimum absolute atomic E-state index is 0.578. The molecule has 0 spiro atoms. The van der Waals surface area contributed by atoms with E-state index >= 15 is 0 Å². The zero-order valence-corrected chi connectivity index (χ0v) is 8.08. The Hall–Kier alpha value is -1.69. The third-order valence-corrected chi connectivity index (χ3v) is 2.55. The van der Waals surface area contributed by atoms with Gasteiger partial charge in [-0.15, -0.1) is 0 Å². The molecular weight excluding hydrogens is 198 g/mol. The second kappa shape index (κ2) is 3.59. The highest BCUT2D eigenvalue weighted by Gasteiger charge is 2.01. The predicted octanol–water partition coefficient (Wildman–Crippen LogP) is 1.12. The van der Waals surface area contributed by atoms with Crippen molar-refractivity contribution in [3.05, 3.63) is 24.5 Å². The fourth-order valence-electron chi connectivity index (χ4n) is 0.971. The second-order valence-corrected chi connectivity index (χ2v) is 3.75. The Balaban J connectivity index is 2.22. The minimum Gasteiger partial charge on any atom is -0.397 e. The predicted molar refractivity (Wildman–Crippen MR) is 55.8 cm³/mol. The molecule has 72 valence electrons. The molecule has 0 fully saturated rings. The van der Waals surface area contributed by atoms with Gasteiger partial charge in [-0.2, -0.15) is 5.10 Å². The molecule has 0 aliphatic rings. The van der Waals surface area contributed by atoms with Crippen LogP contribution in [-0.2, 0) is 0 Å². The number of benzene rings is 1. The number of anilines is 2. The van der Waals surface area contributed by atoms with Gasteiger partial charge in [-0.1, -0.05) is 11.8 Å². The molecule has 0 unspecified atom stereocenters. The average Bonchev–Trinajstić information content (AvgIpc) is 2.64. The molecule has 0 bridgehead atoms. The molecule has 2 rings (SSSR count). The van der Waals surface area contributed by atoms with Crippen LogP contribution < -0.4 is 11.5 Å². The van der Waals surface area contributed by atoms with Crippen molar-refractivity contribution in [3.63, 3.8) is 0 Å². The summed E-state index contributed by atoms with van der Waals surface area (Å²) >= 11 is 1.45. The molecule has 0 aliphatic heterocycles. The minimum atomic E-state index is 0.578. The van der Waals surface area contributed by atoms with E-state index in [-0.39, 0.29) is 0 Å². The summed E-state index contributed by atoms with van der Waals surface area (Å²) in [6.45, 7) is 0. The highest BCUT2D eigenvalue weighted by atomic mass is 32.2. The quantitative estimate of drug-likeness (QED) is 0.641. The number of nitrogen functional groups attached to an aromatic ring is 2. The SMILES string of the molecule is Nc1ccc(Sc2ncn[nH]2)cc1N. The number of rotatable bonds is 2. The molecular formula is C8H9N5S. The summed E-state index contributed by atoms with van der Waals surface area (Å²) in [4.78, 5) is 4.97. The number of nitrogens with zero attached hydrogens (tertiary/aromatic N) is 2. The van der Waals surface area contributed by atoms with Crippen molar-refractivity contribution < 1.29 is 0 Å². The number of H-pyrrole nitrogens is 1. The maximum atomic E-state index is 5.67. The van der Waals surface area contributed by atoms with Gasteiger partial charge in [0.2, 0.25) is 0 Å². The summed E-state index contributed by atoms with van der Waals surface area (Å²) in [5.41, 5.74) is 12.4. The lowest BCUT2D eigenvalue weighted by Gasteiger charge is -2.02. The highest BCUT2D eigenvalue weighted by Crippen LogP contribution is 2.27. The fraction of sp³-hybridized carbons (Fsp3) is 0. The summed E-state index contributed by atoms with van der Waals surface area (Å²) in [6.07, 6.45) is 1.46. The van der Waals surface area contributed by atoms with Gasteiger partial charge in [-0.05, 0) is 18.2 Å². The number of nitrogens with two attached hydrogens (primary N) is 2. The fourth-order valence-corrected chi connectivity index (χ4v) is 1.71. The molecule has 14 heavy (non-hydrogen) atoms. The Bertz CT molecular complexity index is 425. The molecule has 2 aromatic rings. The molecule has 5 nitrogen and oxygen atoms in total. The van der Waals surface area contributed by atoms with Crippen LogP contribution in [0.3, 0.4) is 0 Å². The van der Waals surface area contributed by atoms with Crippen LogP contribution in [0.5, 0.6) is 0 Å². The smallest absolute Gasteiger partial charge is 0.188 e. The molecule has 1 aromatic heterocycles. The van der Waals surface area contributed by atoms with E-state index in [1.165, 1.54) is 18.1 Å². The van der Waals surface area contributed by atoms with Gasteiger partial charge < -0.3 is 11.5 Å². The van der Waals surface area contributed by atoms with Crippen molar-refractivity contribution in [1.29, 1.82) is 0 Å². The zero-order chi connectivity index (χ0) is 9.97. The Morgan fingerprint density at radius 2 is 2.07 bits per heavy atom. The van der Waals surface area contributed by atoms with Crippen molar-refractivity contribution in [3.8, 4) is 0 Å². The van der Waals surface area contributed by atoms with Crippen molar-refractivity contribution in [2.45, 2.75) is 10.1 Å². The van der Waals surface area contributed by atoms with Crippen LogP contribution in [-0.4, -0.2) is 15.2 Å². The zero-order valence-electron chi connectivity index (χ0n) is 7.27. The summed E-state index contributed by atoms with van der Waals surface area (Å²) in [5.74, 6) is 0. The number of aromatic amines is 1.